The van der Waals surface area contributed by atoms with E-state index in [2.05, 4.69) is 44.8 Å². The second-order valence-electron chi connectivity index (χ2n) is 6.01. The van der Waals surface area contributed by atoms with E-state index in [1.807, 2.05) is 0 Å². The van der Waals surface area contributed by atoms with E-state index in [0.717, 1.165) is 19.5 Å². The van der Waals surface area contributed by atoms with Crippen molar-refractivity contribution in [2.24, 2.45) is 11.8 Å². The Bertz CT molecular complexity index is 258. The molecule has 0 aromatic rings. The first kappa shape index (κ1) is 17.7. The van der Waals surface area contributed by atoms with Crippen molar-refractivity contribution in [1.29, 1.82) is 0 Å². The van der Waals surface area contributed by atoms with E-state index in [4.69, 9.17) is 0 Å². The molecule has 1 saturated heterocycles. The second-order valence-corrected chi connectivity index (χ2v) is 6.01. The molecule has 0 aliphatic carbocycles. The smallest absolute Gasteiger partial charge is 0.223 e. The molecule has 3 nitrogen and oxygen atoms in total. The summed E-state index contributed by atoms with van der Waals surface area (Å²) in [6, 6.07) is 0.732. The van der Waals surface area contributed by atoms with Crippen LogP contribution in [-0.4, -0.2) is 36.0 Å². The van der Waals surface area contributed by atoms with Gasteiger partial charge in [-0.05, 0) is 32.1 Å². The van der Waals surface area contributed by atoms with Gasteiger partial charge in [0.15, 0.2) is 0 Å². The molecule has 3 atom stereocenters. The number of halogens is 1. The highest BCUT2D eigenvalue weighted by atomic mass is 35.5. The van der Waals surface area contributed by atoms with Crippen molar-refractivity contribution in [2.45, 2.75) is 59.5 Å². The van der Waals surface area contributed by atoms with E-state index in [0.29, 0.717) is 36.2 Å². The highest BCUT2D eigenvalue weighted by molar-refractivity contribution is 5.85. The highest BCUT2D eigenvalue weighted by Crippen LogP contribution is 2.18. The summed E-state index contributed by atoms with van der Waals surface area (Å²) in [5, 5.41) is 3.41. The minimum absolute atomic E-state index is 0. The standard InChI is InChI=1S/C14H28N2O.ClH/c1-10(2)8-11(3)9-14(17)16-7-6-15-12(4)13(16)5;/h10-13,15H,6-9H2,1-5H3;1H. The Kier molecular flexibility index (Phi) is 7.88. The molecular weight excluding hydrogens is 248 g/mol. The average Bonchev–Trinajstić information content (AvgIpc) is 2.20. The van der Waals surface area contributed by atoms with Crippen LogP contribution >= 0.6 is 12.4 Å². The zero-order chi connectivity index (χ0) is 13.0. The number of rotatable bonds is 4. The van der Waals surface area contributed by atoms with Gasteiger partial charge in [-0.15, -0.1) is 12.4 Å². The van der Waals surface area contributed by atoms with Crippen LogP contribution in [0.3, 0.4) is 0 Å². The largest absolute Gasteiger partial charge is 0.337 e. The number of nitrogens with zero attached hydrogens (tertiary/aromatic N) is 1. The molecule has 0 saturated carbocycles. The van der Waals surface area contributed by atoms with E-state index < -0.39 is 0 Å². The third-order valence-corrected chi connectivity index (χ3v) is 3.75. The van der Waals surface area contributed by atoms with Gasteiger partial charge in [0.1, 0.15) is 0 Å². The highest BCUT2D eigenvalue weighted by Gasteiger charge is 2.28. The maximum absolute atomic E-state index is 12.2. The van der Waals surface area contributed by atoms with E-state index >= 15 is 0 Å². The summed E-state index contributed by atoms with van der Waals surface area (Å²) < 4.78 is 0. The van der Waals surface area contributed by atoms with Gasteiger partial charge in [-0.1, -0.05) is 20.8 Å². The minimum Gasteiger partial charge on any atom is -0.337 e. The summed E-state index contributed by atoms with van der Waals surface area (Å²) in [7, 11) is 0. The SMILES string of the molecule is CC(C)CC(C)CC(=O)N1CCNC(C)C1C.Cl. The second kappa shape index (κ2) is 8.00. The van der Waals surface area contributed by atoms with Gasteiger partial charge in [0, 0.05) is 31.6 Å². The van der Waals surface area contributed by atoms with E-state index in [1.165, 1.54) is 0 Å². The molecule has 1 aliphatic heterocycles. The Morgan fingerprint density at radius 2 is 1.94 bits per heavy atom. The van der Waals surface area contributed by atoms with Crippen molar-refractivity contribution in [1.82, 2.24) is 10.2 Å². The third-order valence-electron chi connectivity index (χ3n) is 3.75. The summed E-state index contributed by atoms with van der Waals surface area (Å²) in [5.41, 5.74) is 0. The molecule has 1 aliphatic rings. The fourth-order valence-electron chi connectivity index (χ4n) is 2.71. The van der Waals surface area contributed by atoms with Crippen LogP contribution in [0.2, 0.25) is 0 Å². The van der Waals surface area contributed by atoms with Gasteiger partial charge in [-0.2, -0.15) is 0 Å². The third kappa shape index (κ3) is 5.15. The molecule has 0 aromatic carbocycles. The van der Waals surface area contributed by atoms with Crippen LogP contribution in [0.15, 0.2) is 0 Å². The number of hydrogen-bond donors (Lipinski definition) is 1. The van der Waals surface area contributed by atoms with Crippen molar-refractivity contribution in [3.05, 3.63) is 0 Å². The zero-order valence-corrected chi connectivity index (χ0v) is 13.2. The van der Waals surface area contributed by atoms with E-state index in [-0.39, 0.29) is 12.4 Å². The Hall–Kier alpha value is -0.280. The molecule has 1 fully saturated rings. The summed E-state index contributed by atoms with van der Waals surface area (Å²) in [6.45, 7) is 12.7. The van der Waals surface area contributed by atoms with Crippen molar-refractivity contribution in [2.75, 3.05) is 13.1 Å². The normalized spacial score (nSPS) is 25.8. The monoisotopic (exact) mass is 276 g/mol. The summed E-state index contributed by atoms with van der Waals surface area (Å²) in [5.74, 6) is 1.51. The van der Waals surface area contributed by atoms with Gasteiger partial charge in [-0.25, -0.2) is 0 Å². The number of piperazine rings is 1. The first-order chi connectivity index (χ1) is 7.91. The van der Waals surface area contributed by atoms with Crippen molar-refractivity contribution in [3.8, 4) is 0 Å². The predicted molar refractivity (Wildman–Crippen MR) is 79.1 cm³/mol. The fraction of sp³-hybridized carbons (Fsp3) is 0.929. The van der Waals surface area contributed by atoms with E-state index in [9.17, 15) is 4.79 Å². The number of nitrogens with one attached hydrogen (secondary N) is 1. The lowest BCUT2D eigenvalue weighted by Gasteiger charge is -2.39. The molecular formula is C14H29ClN2O. The molecule has 108 valence electrons. The van der Waals surface area contributed by atoms with Crippen LogP contribution in [0.1, 0.15) is 47.5 Å². The number of amides is 1. The van der Waals surface area contributed by atoms with E-state index in [1.54, 1.807) is 0 Å². The van der Waals surface area contributed by atoms with Crippen molar-refractivity contribution < 1.29 is 4.79 Å². The van der Waals surface area contributed by atoms with Crippen LogP contribution < -0.4 is 5.32 Å². The summed E-state index contributed by atoms with van der Waals surface area (Å²) in [4.78, 5) is 14.3. The lowest BCUT2D eigenvalue weighted by molar-refractivity contribution is -0.135. The van der Waals surface area contributed by atoms with Gasteiger partial charge in [-0.3, -0.25) is 4.79 Å². The van der Waals surface area contributed by atoms with Crippen LogP contribution in [0.25, 0.3) is 0 Å². The first-order valence-electron chi connectivity index (χ1n) is 6.94. The van der Waals surface area contributed by atoms with Crippen LogP contribution in [0, 0.1) is 11.8 Å². The van der Waals surface area contributed by atoms with Crippen molar-refractivity contribution in [3.63, 3.8) is 0 Å². The molecule has 4 heteroatoms. The predicted octanol–water partition coefficient (Wildman–Crippen LogP) is 2.69. The van der Waals surface area contributed by atoms with Gasteiger partial charge >= 0.3 is 0 Å². The number of carbonyl (C=O) groups is 1. The molecule has 0 aromatic heterocycles. The van der Waals surface area contributed by atoms with Crippen LogP contribution in [0.4, 0.5) is 0 Å². The van der Waals surface area contributed by atoms with Crippen LogP contribution in [-0.2, 0) is 4.79 Å². The molecule has 0 spiro atoms. The lowest BCUT2D eigenvalue weighted by Crippen LogP contribution is -2.57. The zero-order valence-electron chi connectivity index (χ0n) is 12.4. The molecule has 1 rings (SSSR count). The fourth-order valence-corrected chi connectivity index (χ4v) is 2.71. The lowest BCUT2D eigenvalue weighted by atomic mass is 9.95. The summed E-state index contributed by atoms with van der Waals surface area (Å²) in [6.07, 6.45) is 1.84. The van der Waals surface area contributed by atoms with Crippen LogP contribution in [0.5, 0.6) is 0 Å². The topological polar surface area (TPSA) is 32.3 Å². The molecule has 0 bridgehead atoms. The first-order valence-corrected chi connectivity index (χ1v) is 6.94. The molecule has 1 N–H and O–H groups in total. The minimum atomic E-state index is 0. The maximum atomic E-state index is 12.2. The van der Waals surface area contributed by atoms with Crippen molar-refractivity contribution >= 4 is 18.3 Å². The number of hydrogen-bond acceptors (Lipinski definition) is 2. The molecule has 1 amide bonds. The summed E-state index contributed by atoms with van der Waals surface area (Å²) >= 11 is 0. The molecule has 3 unspecified atom stereocenters. The molecule has 1 heterocycles. The average molecular weight is 277 g/mol. The Labute approximate surface area is 118 Å². The van der Waals surface area contributed by atoms with Gasteiger partial charge in [0.05, 0.1) is 0 Å². The van der Waals surface area contributed by atoms with Gasteiger partial charge in [0.2, 0.25) is 5.91 Å². The quantitative estimate of drug-likeness (QED) is 0.856. The van der Waals surface area contributed by atoms with Gasteiger partial charge < -0.3 is 10.2 Å². The van der Waals surface area contributed by atoms with Gasteiger partial charge in [0.25, 0.3) is 0 Å². The Morgan fingerprint density at radius 1 is 1.33 bits per heavy atom. The number of carbonyl (C=O) groups excluding carboxylic acids is 1. The molecule has 18 heavy (non-hydrogen) atoms. The Balaban J connectivity index is 0.00000289. The Morgan fingerprint density at radius 3 is 2.50 bits per heavy atom. The maximum Gasteiger partial charge on any atom is 0.223 e. The molecule has 0 radical (unpaired) electrons.